The molecule has 0 N–H and O–H groups in total. The summed E-state index contributed by atoms with van der Waals surface area (Å²) in [6.45, 7) is 2.09. The Morgan fingerprint density at radius 3 is 1.73 bits per heavy atom. The molecule has 0 saturated heterocycles. The molecule has 0 spiro atoms. The van der Waals surface area contributed by atoms with Crippen molar-refractivity contribution in [3.05, 3.63) is 11.6 Å². The molecule has 0 aromatic carbocycles. The van der Waals surface area contributed by atoms with Crippen LogP contribution in [0.15, 0.2) is 11.6 Å². The lowest BCUT2D eigenvalue weighted by molar-refractivity contribution is -0.170. The number of alkyl halides is 3. The Hall–Kier alpha value is -1.46. The van der Waals surface area contributed by atoms with E-state index in [1.807, 2.05) is 0 Å². The van der Waals surface area contributed by atoms with Gasteiger partial charge in [-0.15, -0.1) is 0 Å². The maximum Gasteiger partial charge on any atom is 0.450 e. The van der Waals surface area contributed by atoms with Crippen molar-refractivity contribution in [3.63, 3.8) is 0 Å². The van der Waals surface area contributed by atoms with Gasteiger partial charge in [0.05, 0.1) is 5.57 Å². The van der Waals surface area contributed by atoms with Crippen molar-refractivity contribution in [2.45, 2.75) is 26.4 Å². The summed E-state index contributed by atoms with van der Waals surface area (Å²) in [6.07, 6.45) is -5.21. The van der Waals surface area contributed by atoms with E-state index in [-0.39, 0.29) is 5.57 Å². The van der Waals surface area contributed by atoms with Crippen LogP contribution in [0.4, 0.5) is 13.2 Å². The number of allylic oxidation sites excluding steroid dienone is 2. The van der Waals surface area contributed by atoms with Gasteiger partial charge in [-0.1, -0.05) is 6.08 Å². The van der Waals surface area contributed by atoms with Crippen LogP contribution in [0.25, 0.3) is 0 Å². The molecule has 0 unspecified atom stereocenters. The molecule has 0 radical (unpaired) electrons. The molecular weight excluding hydrogens is 213 g/mol. The average Bonchev–Trinajstić information content (AvgIpc) is 2.00. The van der Waals surface area contributed by atoms with Gasteiger partial charge in [-0.2, -0.15) is 13.2 Å². The third-order valence-corrected chi connectivity index (χ3v) is 1.57. The molecule has 0 aromatic rings. The van der Waals surface area contributed by atoms with E-state index < -0.39 is 29.9 Å². The maximum atomic E-state index is 11.8. The first-order valence-corrected chi connectivity index (χ1v) is 3.98. The number of hydrogen-bond donors (Lipinski definition) is 0. The molecule has 0 aromatic heterocycles. The van der Waals surface area contributed by atoms with Crippen LogP contribution >= 0.6 is 0 Å². The van der Waals surface area contributed by atoms with Crippen molar-refractivity contribution < 1.29 is 27.6 Å². The minimum atomic E-state index is -4.94. The smallest absolute Gasteiger partial charge is 0.294 e. The largest absolute Gasteiger partial charge is 0.450 e. The molecule has 0 aliphatic carbocycles. The van der Waals surface area contributed by atoms with E-state index in [0.29, 0.717) is 6.08 Å². The number of hydrogen-bond acceptors (Lipinski definition) is 3. The fraction of sp³-hybridized carbons (Fsp3) is 0.444. The van der Waals surface area contributed by atoms with Crippen molar-refractivity contribution in [1.82, 2.24) is 0 Å². The lowest BCUT2D eigenvalue weighted by Gasteiger charge is -2.02. The average molecular weight is 222 g/mol. The van der Waals surface area contributed by atoms with Gasteiger partial charge < -0.3 is 0 Å². The van der Waals surface area contributed by atoms with Crippen LogP contribution in [0, 0.1) is 0 Å². The number of halogens is 3. The van der Waals surface area contributed by atoms with E-state index in [2.05, 4.69) is 0 Å². The standard InChI is InChI=1S/C9H9F3O3/c1-5(13)7(6(2)14)3-4-8(15)9(10,11)12/h3H,4H2,1-2H3. The number of Topliss-reactive ketones (excluding diaryl/α,β-unsaturated/α-hetero) is 3. The van der Waals surface area contributed by atoms with Crippen molar-refractivity contribution in [2.75, 3.05) is 0 Å². The molecule has 3 nitrogen and oxygen atoms in total. The van der Waals surface area contributed by atoms with Crippen molar-refractivity contribution in [2.24, 2.45) is 0 Å². The van der Waals surface area contributed by atoms with Gasteiger partial charge in [0.15, 0.2) is 11.6 Å². The van der Waals surface area contributed by atoms with Crippen molar-refractivity contribution >= 4 is 17.3 Å². The molecule has 0 amide bonds. The van der Waals surface area contributed by atoms with E-state index in [4.69, 9.17) is 0 Å². The Morgan fingerprint density at radius 2 is 1.47 bits per heavy atom. The number of carbonyl (C=O) groups excluding carboxylic acids is 3. The molecule has 0 aliphatic heterocycles. The topological polar surface area (TPSA) is 51.2 Å². The quantitative estimate of drug-likeness (QED) is 0.412. The Morgan fingerprint density at radius 1 is 1.07 bits per heavy atom. The molecule has 0 rings (SSSR count). The normalized spacial score (nSPS) is 10.7. The first-order chi connectivity index (χ1) is 6.66. The summed E-state index contributed by atoms with van der Waals surface area (Å²) in [5.41, 5.74) is -0.382. The molecule has 6 heteroatoms. The summed E-state index contributed by atoms with van der Waals surface area (Å²) in [7, 11) is 0. The van der Waals surface area contributed by atoms with Crippen LogP contribution in [-0.2, 0) is 14.4 Å². The second-order valence-corrected chi connectivity index (χ2v) is 2.86. The minimum Gasteiger partial charge on any atom is -0.294 e. The zero-order valence-corrected chi connectivity index (χ0v) is 8.14. The second kappa shape index (κ2) is 4.86. The van der Waals surface area contributed by atoms with Crippen molar-refractivity contribution in [1.29, 1.82) is 0 Å². The number of carbonyl (C=O) groups is 3. The van der Waals surface area contributed by atoms with Gasteiger partial charge in [0.1, 0.15) is 0 Å². The van der Waals surface area contributed by atoms with Gasteiger partial charge in [-0.3, -0.25) is 14.4 Å². The van der Waals surface area contributed by atoms with E-state index in [9.17, 15) is 27.6 Å². The Labute approximate surface area is 84.0 Å². The van der Waals surface area contributed by atoms with E-state index >= 15 is 0 Å². The van der Waals surface area contributed by atoms with Gasteiger partial charge in [0.2, 0.25) is 5.78 Å². The molecule has 0 saturated carbocycles. The molecule has 0 fully saturated rings. The first-order valence-electron chi connectivity index (χ1n) is 3.98. The van der Waals surface area contributed by atoms with E-state index in [0.717, 1.165) is 13.8 Å². The number of ketones is 3. The second-order valence-electron chi connectivity index (χ2n) is 2.86. The Balaban J connectivity index is 4.70. The molecule has 0 heterocycles. The van der Waals surface area contributed by atoms with E-state index in [1.54, 1.807) is 0 Å². The minimum absolute atomic E-state index is 0.382. The summed E-state index contributed by atoms with van der Waals surface area (Å²) in [5, 5.41) is 0. The van der Waals surface area contributed by atoms with Crippen LogP contribution in [0.5, 0.6) is 0 Å². The van der Waals surface area contributed by atoms with Crippen LogP contribution in [0.3, 0.4) is 0 Å². The predicted octanol–water partition coefficient (Wildman–Crippen LogP) is 1.61. The molecule has 0 aliphatic rings. The zero-order chi connectivity index (χ0) is 12.2. The summed E-state index contributed by atoms with van der Waals surface area (Å²) in [4.78, 5) is 32.0. The highest BCUT2D eigenvalue weighted by Gasteiger charge is 2.37. The monoisotopic (exact) mass is 222 g/mol. The van der Waals surface area contributed by atoms with Crippen LogP contribution in [-0.4, -0.2) is 23.5 Å². The molecule has 15 heavy (non-hydrogen) atoms. The lowest BCUT2D eigenvalue weighted by atomic mass is 10.1. The molecule has 0 bridgehead atoms. The maximum absolute atomic E-state index is 11.8. The van der Waals surface area contributed by atoms with Gasteiger partial charge in [0, 0.05) is 6.42 Å². The molecule has 84 valence electrons. The fourth-order valence-corrected chi connectivity index (χ4v) is 0.846. The fourth-order valence-electron chi connectivity index (χ4n) is 0.846. The third kappa shape index (κ3) is 4.53. The predicted molar refractivity (Wildman–Crippen MR) is 45.1 cm³/mol. The Kier molecular flexibility index (Phi) is 4.39. The van der Waals surface area contributed by atoms with Crippen molar-refractivity contribution in [3.8, 4) is 0 Å². The summed E-state index contributed by atoms with van der Waals surface area (Å²) in [6, 6.07) is 0. The SMILES string of the molecule is CC(=O)C(=CCC(=O)C(F)(F)F)C(C)=O. The van der Waals surface area contributed by atoms with Gasteiger partial charge in [-0.25, -0.2) is 0 Å². The van der Waals surface area contributed by atoms with Gasteiger partial charge in [0.25, 0.3) is 0 Å². The zero-order valence-electron chi connectivity index (χ0n) is 8.14. The summed E-state index contributed by atoms with van der Waals surface area (Å²) in [5.74, 6) is -3.29. The number of rotatable bonds is 4. The summed E-state index contributed by atoms with van der Waals surface area (Å²) < 4.78 is 35.3. The van der Waals surface area contributed by atoms with Crippen LogP contribution in [0.1, 0.15) is 20.3 Å². The van der Waals surface area contributed by atoms with Gasteiger partial charge >= 0.3 is 6.18 Å². The lowest BCUT2D eigenvalue weighted by Crippen LogP contribution is -2.22. The first kappa shape index (κ1) is 13.5. The highest BCUT2D eigenvalue weighted by Crippen LogP contribution is 2.18. The third-order valence-electron chi connectivity index (χ3n) is 1.57. The highest BCUT2D eigenvalue weighted by molar-refractivity contribution is 6.18. The van der Waals surface area contributed by atoms with Crippen LogP contribution < -0.4 is 0 Å². The molecular formula is C9H9F3O3. The van der Waals surface area contributed by atoms with Gasteiger partial charge in [-0.05, 0) is 13.8 Å². The highest BCUT2D eigenvalue weighted by atomic mass is 19.4. The Bertz CT molecular complexity index is 310. The summed E-state index contributed by atoms with van der Waals surface area (Å²) >= 11 is 0. The van der Waals surface area contributed by atoms with E-state index in [1.165, 1.54) is 0 Å². The van der Waals surface area contributed by atoms with Crippen LogP contribution in [0.2, 0.25) is 0 Å². The molecule has 0 atom stereocenters.